The number of nitrogens with zero attached hydrogens (tertiary/aromatic N) is 1. The summed E-state index contributed by atoms with van der Waals surface area (Å²) in [6.07, 6.45) is 3.48. The normalized spacial score (nSPS) is 10.6. The third-order valence-electron chi connectivity index (χ3n) is 2.99. The number of fused-ring (bicyclic) bond motifs is 1. The van der Waals surface area contributed by atoms with Crippen molar-refractivity contribution < 1.29 is 9.15 Å². The fourth-order valence-corrected chi connectivity index (χ4v) is 2.05. The van der Waals surface area contributed by atoms with E-state index in [1.807, 2.05) is 30.3 Å². The van der Waals surface area contributed by atoms with Crippen molar-refractivity contribution >= 4 is 16.7 Å². The van der Waals surface area contributed by atoms with E-state index in [1.54, 1.807) is 19.6 Å². The fourth-order valence-electron chi connectivity index (χ4n) is 2.05. The molecule has 1 N–H and O–H groups in total. The molecular weight excluding hydrogens is 240 g/mol. The SMILES string of the molecule is COc1ncccc1NCc1coc2ccccc12. The lowest BCUT2D eigenvalue weighted by atomic mass is 10.2. The Morgan fingerprint density at radius 2 is 2.11 bits per heavy atom. The van der Waals surface area contributed by atoms with Gasteiger partial charge in [-0.05, 0) is 18.2 Å². The third kappa shape index (κ3) is 2.25. The molecule has 0 aliphatic carbocycles. The molecule has 4 nitrogen and oxygen atoms in total. The van der Waals surface area contributed by atoms with Crippen LogP contribution in [0.4, 0.5) is 5.69 Å². The number of hydrogen-bond donors (Lipinski definition) is 1. The van der Waals surface area contributed by atoms with Gasteiger partial charge in [0.25, 0.3) is 0 Å². The summed E-state index contributed by atoms with van der Waals surface area (Å²) in [5.41, 5.74) is 2.88. The summed E-state index contributed by atoms with van der Waals surface area (Å²) in [6, 6.07) is 11.8. The maximum Gasteiger partial charge on any atom is 0.237 e. The van der Waals surface area contributed by atoms with Crippen LogP contribution >= 0.6 is 0 Å². The number of nitrogens with one attached hydrogen (secondary N) is 1. The lowest BCUT2D eigenvalue weighted by molar-refractivity contribution is 0.399. The number of rotatable bonds is 4. The van der Waals surface area contributed by atoms with Gasteiger partial charge >= 0.3 is 0 Å². The standard InChI is InChI=1S/C15H14N2O2/c1-18-15-13(6-4-8-16-15)17-9-11-10-19-14-7-3-2-5-12(11)14/h2-8,10,17H,9H2,1H3. The highest BCUT2D eigenvalue weighted by Gasteiger charge is 2.07. The molecule has 96 valence electrons. The number of aromatic nitrogens is 1. The second-order valence-corrected chi connectivity index (χ2v) is 4.17. The number of para-hydroxylation sites is 1. The van der Waals surface area contributed by atoms with Gasteiger partial charge in [-0.2, -0.15) is 0 Å². The van der Waals surface area contributed by atoms with E-state index in [4.69, 9.17) is 9.15 Å². The first-order valence-electron chi connectivity index (χ1n) is 6.06. The lowest BCUT2D eigenvalue weighted by Crippen LogP contribution is -2.01. The summed E-state index contributed by atoms with van der Waals surface area (Å²) in [4.78, 5) is 4.15. The monoisotopic (exact) mass is 254 g/mol. The smallest absolute Gasteiger partial charge is 0.237 e. The van der Waals surface area contributed by atoms with Gasteiger partial charge in [0.2, 0.25) is 5.88 Å². The van der Waals surface area contributed by atoms with E-state index in [0.717, 1.165) is 22.2 Å². The van der Waals surface area contributed by atoms with Gasteiger partial charge in [-0.25, -0.2) is 4.98 Å². The molecule has 3 aromatic rings. The van der Waals surface area contributed by atoms with Crippen LogP contribution in [0.1, 0.15) is 5.56 Å². The van der Waals surface area contributed by atoms with Gasteiger partial charge in [0.1, 0.15) is 5.58 Å². The number of furan rings is 1. The Morgan fingerprint density at radius 3 is 3.00 bits per heavy atom. The minimum atomic E-state index is 0.593. The molecule has 0 unspecified atom stereocenters. The van der Waals surface area contributed by atoms with Crippen molar-refractivity contribution in [2.24, 2.45) is 0 Å². The molecule has 0 atom stereocenters. The van der Waals surface area contributed by atoms with Gasteiger partial charge in [0, 0.05) is 23.7 Å². The molecule has 3 rings (SSSR count). The van der Waals surface area contributed by atoms with Crippen LogP contribution < -0.4 is 10.1 Å². The van der Waals surface area contributed by atoms with E-state index >= 15 is 0 Å². The fraction of sp³-hybridized carbons (Fsp3) is 0.133. The van der Waals surface area contributed by atoms with E-state index in [9.17, 15) is 0 Å². The molecule has 0 radical (unpaired) electrons. The first-order valence-corrected chi connectivity index (χ1v) is 6.06. The molecule has 0 amide bonds. The minimum absolute atomic E-state index is 0.593. The Balaban J connectivity index is 1.82. The van der Waals surface area contributed by atoms with Crippen molar-refractivity contribution in [3.8, 4) is 5.88 Å². The van der Waals surface area contributed by atoms with E-state index in [1.165, 1.54) is 0 Å². The average Bonchev–Trinajstić information content (AvgIpc) is 2.89. The Kier molecular flexibility index (Phi) is 3.06. The van der Waals surface area contributed by atoms with Crippen LogP contribution in [0.25, 0.3) is 11.0 Å². The van der Waals surface area contributed by atoms with Gasteiger partial charge < -0.3 is 14.5 Å². The maximum absolute atomic E-state index is 5.51. The van der Waals surface area contributed by atoms with Crippen molar-refractivity contribution in [3.63, 3.8) is 0 Å². The largest absolute Gasteiger partial charge is 0.480 e. The number of methoxy groups -OCH3 is 1. The van der Waals surface area contributed by atoms with Gasteiger partial charge in [0.05, 0.1) is 19.1 Å². The molecule has 1 aromatic carbocycles. The molecular formula is C15H14N2O2. The molecule has 0 spiro atoms. The summed E-state index contributed by atoms with van der Waals surface area (Å²) in [5, 5.41) is 4.43. The van der Waals surface area contributed by atoms with Gasteiger partial charge in [0.15, 0.2) is 0 Å². The Bertz CT molecular complexity index is 691. The zero-order chi connectivity index (χ0) is 13.1. The number of benzene rings is 1. The van der Waals surface area contributed by atoms with Gasteiger partial charge in [-0.3, -0.25) is 0 Å². The van der Waals surface area contributed by atoms with E-state index in [2.05, 4.69) is 16.4 Å². The zero-order valence-electron chi connectivity index (χ0n) is 10.6. The van der Waals surface area contributed by atoms with Gasteiger partial charge in [-0.1, -0.05) is 18.2 Å². The van der Waals surface area contributed by atoms with Crippen LogP contribution in [-0.2, 0) is 6.54 Å². The predicted molar refractivity (Wildman–Crippen MR) is 74.3 cm³/mol. The molecule has 0 saturated heterocycles. The number of hydrogen-bond acceptors (Lipinski definition) is 4. The summed E-state index contributed by atoms with van der Waals surface area (Å²) in [7, 11) is 1.61. The lowest BCUT2D eigenvalue weighted by Gasteiger charge is -2.08. The molecule has 0 aliphatic rings. The number of anilines is 1. The van der Waals surface area contributed by atoms with E-state index in [-0.39, 0.29) is 0 Å². The summed E-state index contributed by atoms with van der Waals surface area (Å²) >= 11 is 0. The summed E-state index contributed by atoms with van der Waals surface area (Å²) < 4.78 is 10.7. The van der Waals surface area contributed by atoms with Crippen molar-refractivity contribution in [1.29, 1.82) is 0 Å². The second-order valence-electron chi connectivity index (χ2n) is 4.17. The Hall–Kier alpha value is -2.49. The topological polar surface area (TPSA) is 47.3 Å². The Morgan fingerprint density at radius 1 is 1.21 bits per heavy atom. The van der Waals surface area contributed by atoms with E-state index in [0.29, 0.717) is 12.4 Å². The van der Waals surface area contributed by atoms with Crippen molar-refractivity contribution in [2.75, 3.05) is 12.4 Å². The Labute approximate surface area is 111 Å². The second kappa shape index (κ2) is 5.02. The summed E-state index contributed by atoms with van der Waals surface area (Å²) in [6.45, 7) is 0.666. The molecule has 4 heteroatoms. The zero-order valence-corrected chi connectivity index (χ0v) is 10.6. The molecule has 0 bridgehead atoms. The highest BCUT2D eigenvalue weighted by molar-refractivity contribution is 5.81. The van der Waals surface area contributed by atoms with Crippen LogP contribution in [0.15, 0.2) is 53.3 Å². The molecule has 0 fully saturated rings. The first-order chi connectivity index (χ1) is 9.38. The average molecular weight is 254 g/mol. The molecule has 19 heavy (non-hydrogen) atoms. The number of ether oxygens (including phenoxy) is 1. The quantitative estimate of drug-likeness (QED) is 0.774. The van der Waals surface area contributed by atoms with Crippen molar-refractivity contribution in [3.05, 3.63) is 54.4 Å². The third-order valence-corrected chi connectivity index (χ3v) is 2.99. The van der Waals surface area contributed by atoms with Crippen LogP contribution in [0.5, 0.6) is 5.88 Å². The molecule has 0 saturated carbocycles. The molecule has 0 aliphatic heterocycles. The molecule has 2 aromatic heterocycles. The van der Waals surface area contributed by atoms with Crippen molar-refractivity contribution in [1.82, 2.24) is 4.98 Å². The molecule has 2 heterocycles. The van der Waals surface area contributed by atoms with Crippen LogP contribution in [-0.4, -0.2) is 12.1 Å². The van der Waals surface area contributed by atoms with Crippen LogP contribution in [0.3, 0.4) is 0 Å². The summed E-state index contributed by atoms with van der Waals surface area (Å²) in [5.74, 6) is 0.593. The highest BCUT2D eigenvalue weighted by atomic mass is 16.5. The van der Waals surface area contributed by atoms with Crippen molar-refractivity contribution in [2.45, 2.75) is 6.54 Å². The number of pyridine rings is 1. The first kappa shape index (κ1) is 11.6. The predicted octanol–water partition coefficient (Wildman–Crippen LogP) is 3.45. The van der Waals surface area contributed by atoms with Crippen LogP contribution in [0.2, 0.25) is 0 Å². The van der Waals surface area contributed by atoms with Gasteiger partial charge in [-0.15, -0.1) is 0 Å². The van der Waals surface area contributed by atoms with E-state index < -0.39 is 0 Å². The minimum Gasteiger partial charge on any atom is -0.480 e. The van der Waals surface area contributed by atoms with Crippen LogP contribution in [0, 0.1) is 0 Å². The maximum atomic E-state index is 5.51. The highest BCUT2D eigenvalue weighted by Crippen LogP contribution is 2.24.